The average Bonchev–Trinajstić information content (AvgIpc) is 2.67. The van der Waals surface area contributed by atoms with Gasteiger partial charge in [-0.05, 0) is 48.6 Å². The molecule has 0 unspecified atom stereocenters. The van der Waals surface area contributed by atoms with Gasteiger partial charge < -0.3 is 5.11 Å². The molecule has 2 rings (SSSR count). The van der Waals surface area contributed by atoms with Crippen LogP contribution in [0.4, 0.5) is 0 Å². The van der Waals surface area contributed by atoms with Gasteiger partial charge in [-0.15, -0.1) is 0 Å². The van der Waals surface area contributed by atoms with Crippen LogP contribution in [-0.4, -0.2) is 27.9 Å². The number of aliphatic carboxylic acids is 1. The summed E-state index contributed by atoms with van der Waals surface area (Å²) < 4.78 is 0. The zero-order valence-electron chi connectivity index (χ0n) is 17.9. The van der Waals surface area contributed by atoms with E-state index in [1.807, 2.05) is 0 Å². The fraction of sp³-hybridized carbons (Fsp3) is 0.652. The molecule has 1 aliphatic carbocycles. The third-order valence-corrected chi connectivity index (χ3v) is 6.58. The molecule has 1 aromatic rings. The number of carbonyl (C=O) groups is 3. The van der Waals surface area contributed by atoms with Crippen LogP contribution in [0.5, 0.6) is 0 Å². The van der Waals surface area contributed by atoms with Crippen LogP contribution in [0.2, 0.25) is 0 Å². The summed E-state index contributed by atoms with van der Waals surface area (Å²) in [5.74, 6) is -2.77. The summed E-state index contributed by atoms with van der Waals surface area (Å²) in [6.45, 7) is 6.85. The Labute approximate surface area is 173 Å². The molecule has 2 amide bonds. The smallest absolute Gasteiger partial charge is 0.304 e. The number of carboxylic acid groups (broad SMARTS) is 1. The molecule has 1 aliphatic rings. The van der Waals surface area contributed by atoms with Crippen molar-refractivity contribution in [3.05, 3.63) is 30.1 Å². The van der Waals surface area contributed by atoms with Crippen LogP contribution >= 0.6 is 0 Å². The van der Waals surface area contributed by atoms with Crippen LogP contribution in [-0.2, 0) is 9.59 Å². The van der Waals surface area contributed by atoms with Crippen molar-refractivity contribution in [1.29, 1.82) is 0 Å². The largest absolute Gasteiger partial charge is 0.481 e. The highest BCUT2D eigenvalue weighted by Gasteiger charge is 2.42. The topological polar surface area (TPSA) is 96.4 Å². The molecule has 1 saturated carbocycles. The summed E-state index contributed by atoms with van der Waals surface area (Å²) in [5.41, 5.74) is 0.744. The monoisotopic (exact) mass is 402 g/mol. The molecule has 0 bridgehead atoms. The van der Waals surface area contributed by atoms with E-state index in [-0.39, 0.29) is 17.3 Å². The Kier molecular flexibility index (Phi) is 7.94. The minimum atomic E-state index is -1.02. The van der Waals surface area contributed by atoms with Gasteiger partial charge in [-0.2, -0.15) is 0 Å². The van der Waals surface area contributed by atoms with Gasteiger partial charge in [0.15, 0.2) is 0 Å². The standard InChI is InChI=1S/C23H34N2O4/c1-22(2,3)23(11-5-4-6-12-23)13-7-8-18(16-19(26)27)21(29)25-20(28)17-9-14-24-15-10-17/h9-10,14-15,18H,4-8,11-13,16H2,1-3H3,(H,26,27)(H,25,28,29)/t18-/m1/s1. The van der Waals surface area contributed by atoms with E-state index in [1.54, 1.807) is 0 Å². The minimum Gasteiger partial charge on any atom is -0.481 e. The molecule has 29 heavy (non-hydrogen) atoms. The summed E-state index contributed by atoms with van der Waals surface area (Å²) in [5, 5.41) is 11.6. The molecule has 2 N–H and O–H groups in total. The zero-order valence-corrected chi connectivity index (χ0v) is 17.9. The van der Waals surface area contributed by atoms with Crippen LogP contribution in [0.25, 0.3) is 0 Å². The van der Waals surface area contributed by atoms with Gasteiger partial charge in [0.2, 0.25) is 5.91 Å². The average molecular weight is 403 g/mol. The van der Waals surface area contributed by atoms with Crippen molar-refractivity contribution in [3.63, 3.8) is 0 Å². The minimum absolute atomic E-state index is 0.176. The fourth-order valence-electron chi connectivity index (χ4n) is 4.62. The van der Waals surface area contributed by atoms with Gasteiger partial charge >= 0.3 is 5.97 Å². The fourth-order valence-corrected chi connectivity index (χ4v) is 4.62. The lowest BCUT2D eigenvalue weighted by atomic mass is 9.57. The Bertz CT molecular complexity index is 703. The second-order valence-electron chi connectivity index (χ2n) is 9.33. The van der Waals surface area contributed by atoms with Crippen molar-refractivity contribution in [1.82, 2.24) is 10.3 Å². The number of hydrogen-bond donors (Lipinski definition) is 2. The number of carboxylic acids is 1. The number of amides is 2. The maximum Gasteiger partial charge on any atom is 0.304 e. The first-order valence-electron chi connectivity index (χ1n) is 10.6. The molecule has 6 nitrogen and oxygen atoms in total. The van der Waals surface area contributed by atoms with E-state index in [1.165, 1.54) is 56.6 Å². The highest BCUT2D eigenvalue weighted by molar-refractivity contribution is 6.05. The maximum atomic E-state index is 12.6. The summed E-state index contributed by atoms with van der Waals surface area (Å²) >= 11 is 0. The summed E-state index contributed by atoms with van der Waals surface area (Å²) in [6.07, 6.45) is 11.0. The lowest BCUT2D eigenvalue weighted by Crippen LogP contribution is -2.39. The first-order chi connectivity index (χ1) is 13.6. The van der Waals surface area contributed by atoms with E-state index in [4.69, 9.17) is 0 Å². The van der Waals surface area contributed by atoms with Gasteiger partial charge in [0.05, 0.1) is 6.42 Å². The molecule has 0 aromatic carbocycles. The van der Waals surface area contributed by atoms with Gasteiger partial charge in [0.25, 0.3) is 5.91 Å². The number of imide groups is 1. The van der Waals surface area contributed by atoms with Gasteiger partial charge in [0.1, 0.15) is 0 Å². The zero-order chi connectivity index (χ0) is 21.5. The highest BCUT2D eigenvalue weighted by atomic mass is 16.4. The first kappa shape index (κ1) is 23.0. The van der Waals surface area contributed by atoms with Crippen molar-refractivity contribution in [2.75, 3.05) is 0 Å². The van der Waals surface area contributed by atoms with Crippen molar-refractivity contribution >= 4 is 17.8 Å². The van der Waals surface area contributed by atoms with Gasteiger partial charge in [-0.1, -0.05) is 46.5 Å². The second-order valence-corrected chi connectivity index (χ2v) is 9.33. The van der Waals surface area contributed by atoms with Crippen molar-refractivity contribution in [3.8, 4) is 0 Å². The second kappa shape index (κ2) is 9.99. The summed E-state index contributed by atoms with van der Waals surface area (Å²) in [7, 11) is 0. The molecule has 0 aliphatic heterocycles. The molecule has 0 saturated heterocycles. The molecular weight excluding hydrogens is 368 g/mol. The Morgan fingerprint density at radius 1 is 1.14 bits per heavy atom. The molecule has 6 heteroatoms. The number of nitrogens with zero attached hydrogens (tertiary/aromatic N) is 1. The number of carbonyl (C=O) groups excluding carboxylic acids is 2. The van der Waals surface area contributed by atoms with Crippen LogP contribution in [0, 0.1) is 16.7 Å². The van der Waals surface area contributed by atoms with Crippen molar-refractivity contribution in [2.24, 2.45) is 16.7 Å². The molecular formula is C23H34N2O4. The first-order valence-corrected chi connectivity index (χ1v) is 10.6. The van der Waals surface area contributed by atoms with Gasteiger partial charge in [0, 0.05) is 23.9 Å². The lowest BCUT2D eigenvalue weighted by Gasteiger charge is -2.48. The van der Waals surface area contributed by atoms with Crippen LogP contribution < -0.4 is 5.32 Å². The molecule has 1 atom stereocenters. The normalized spacial score (nSPS) is 17.3. The Hall–Kier alpha value is -2.24. The Balaban J connectivity index is 1.99. The molecule has 0 radical (unpaired) electrons. The molecule has 0 spiro atoms. The van der Waals surface area contributed by atoms with E-state index in [9.17, 15) is 19.5 Å². The number of pyridine rings is 1. The van der Waals surface area contributed by atoms with Crippen LogP contribution in [0.1, 0.15) is 88.9 Å². The number of rotatable bonds is 8. The number of hydrogen-bond acceptors (Lipinski definition) is 4. The third kappa shape index (κ3) is 6.38. The highest BCUT2D eigenvalue weighted by Crippen LogP contribution is 2.52. The van der Waals surface area contributed by atoms with E-state index in [0.29, 0.717) is 12.0 Å². The van der Waals surface area contributed by atoms with E-state index < -0.39 is 23.7 Å². The van der Waals surface area contributed by atoms with E-state index >= 15 is 0 Å². The van der Waals surface area contributed by atoms with Crippen LogP contribution in [0.15, 0.2) is 24.5 Å². The van der Waals surface area contributed by atoms with Gasteiger partial charge in [-0.25, -0.2) is 0 Å². The lowest BCUT2D eigenvalue weighted by molar-refractivity contribution is -0.141. The van der Waals surface area contributed by atoms with Crippen molar-refractivity contribution in [2.45, 2.75) is 78.6 Å². The Morgan fingerprint density at radius 3 is 2.31 bits per heavy atom. The third-order valence-electron chi connectivity index (χ3n) is 6.58. The van der Waals surface area contributed by atoms with Gasteiger partial charge in [-0.3, -0.25) is 24.7 Å². The molecule has 160 valence electrons. The molecule has 1 aromatic heterocycles. The van der Waals surface area contributed by atoms with Crippen molar-refractivity contribution < 1.29 is 19.5 Å². The number of nitrogens with one attached hydrogen (secondary N) is 1. The quantitative estimate of drug-likeness (QED) is 0.663. The predicted molar refractivity (Wildman–Crippen MR) is 111 cm³/mol. The van der Waals surface area contributed by atoms with E-state index in [0.717, 1.165) is 12.8 Å². The Morgan fingerprint density at radius 2 is 1.76 bits per heavy atom. The number of aromatic nitrogens is 1. The SMILES string of the molecule is CC(C)(C)C1(CCC[C@H](CC(=O)O)C(=O)NC(=O)c2ccncc2)CCCCC1. The van der Waals surface area contributed by atoms with Crippen LogP contribution in [0.3, 0.4) is 0 Å². The molecule has 1 heterocycles. The summed E-state index contributed by atoms with van der Waals surface area (Å²) in [6, 6.07) is 3.04. The summed E-state index contributed by atoms with van der Waals surface area (Å²) in [4.78, 5) is 40.0. The maximum absolute atomic E-state index is 12.6. The predicted octanol–water partition coefficient (Wildman–Crippen LogP) is 4.60. The molecule has 1 fully saturated rings. The van der Waals surface area contributed by atoms with E-state index in [2.05, 4.69) is 31.1 Å².